The van der Waals surface area contributed by atoms with Crippen molar-refractivity contribution in [1.82, 2.24) is 25.0 Å². The number of rotatable bonds is 3. The molecule has 4 rings (SSSR count). The zero-order chi connectivity index (χ0) is 19.2. The van der Waals surface area contributed by atoms with Gasteiger partial charge in [0.1, 0.15) is 0 Å². The van der Waals surface area contributed by atoms with Crippen molar-refractivity contribution in [2.24, 2.45) is 0 Å². The van der Waals surface area contributed by atoms with Crippen LogP contribution in [0, 0.1) is 0 Å². The Morgan fingerprint density at radius 3 is 2.78 bits per heavy atom. The van der Waals surface area contributed by atoms with Crippen LogP contribution in [0.4, 0.5) is 13.2 Å². The van der Waals surface area contributed by atoms with Crippen molar-refractivity contribution in [3.63, 3.8) is 0 Å². The van der Waals surface area contributed by atoms with Crippen LogP contribution in [0.15, 0.2) is 41.3 Å². The van der Waals surface area contributed by atoms with Crippen LogP contribution < -0.4 is 0 Å². The van der Waals surface area contributed by atoms with Crippen LogP contribution in [0.5, 0.6) is 0 Å². The van der Waals surface area contributed by atoms with Gasteiger partial charge in [-0.3, -0.25) is 14.8 Å². The summed E-state index contributed by atoms with van der Waals surface area (Å²) in [6.07, 6.45) is -0.0843. The van der Waals surface area contributed by atoms with Crippen LogP contribution in [-0.4, -0.2) is 30.9 Å². The predicted octanol–water partition coefficient (Wildman–Crippen LogP) is 3.26. The molecule has 27 heavy (non-hydrogen) atoms. The molecule has 0 saturated carbocycles. The normalized spacial score (nSPS) is 15.1. The Morgan fingerprint density at radius 2 is 2.11 bits per heavy atom. The molecule has 138 valence electrons. The summed E-state index contributed by atoms with van der Waals surface area (Å²) in [5.41, 5.74) is 1.89. The van der Waals surface area contributed by atoms with Crippen LogP contribution in [0.1, 0.15) is 40.5 Å². The predicted molar refractivity (Wildman–Crippen MR) is 85.1 cm³/mol. The molecule has 0 N–H and O–H groups in total. The maximum absolute atomic E-state index is 12.8. The van der Waals surface area contributed by atoms with Gasteiger partial charge in [-0.25, -0.2) is 0 Å². The average molecular weight is 375 g/mol. The smallest absolute Gasteiger partial charge is 0.329 e. The van der Waals surface area contributed by atoms with E-state index in [4.69, 9.17) is 0 Å². The maximum atomic E-state index is 12.8. The monoisotopic (exact) mass is 375 g/mol. The highest BCUT2D eigenvalue weighted by Gasteiger charge is 2.39. The minimum atomic E-state index is -4.73. The van der Waals surface area contributed by atoms with Crippen molar-refractivity contribution < 1.29 is 22.5 Å². The third-order valence-electron chi connectivity index (χ3n) is 4.34. The molecule has 1 atom stereocenters. The lowest BCUT2D eigenvalue weighted by molar-refractivity contribution is -0.159. The van der Waals surface area contributed by atoms with Crippen LogP contribution in [-0.2, 0) is 12.7 Å². The Bertz CT molecular complexity index is 1000. The highest BCUT2D eigenvalue weighted by Crippen LogP contribution is 2.33. The van der Waals surface area contributed by atoms with Gasteiger partial charge < -0.3 is 9.42 Å². The van der Waals surface area contributed by atoms with Crippen LogP contribution >= 0.6 is 0 Å². The summed E-state index contributed by atoms with van der Waals surface area (Å²) in [6, 6.07) is 4.85. The maximum Gasteiger partial charge on any atom is 0.471 e. The van der Waals surface area contributed by atoms with E-state index in [1.807, 2.05) is 13.0 Å². The Labute approximate surface area is 150 Å². The summed E-state index contributed by atoms with van der Waals surface area (Å²) >= 11 is 0. The van der Waals surface area contributed by atoms with Gasteiger partial charge in [0.2, 0.25) is 5.82 Å². The second-order valence-electron chi connectivity index (χ2n) is 6.03. The first kappa shape index (κ1) is 17.1. The molecule has 4 heterocycles. The summed E-state index contributed by atoms with van der Waals surface area (Å²) in [5.74, 6) is -1.99. The van der Waals surface area contributed by atoms with Crippen molar-refractivity contribution in [2.45, 2.75) is 25.7 Å². The third kappa shape index (κ3) is 3.03. The van der Waals surface area contributed by atoms with Crippen molar-refractivity contribution >= 4 is 5.91 Å². The minimum absolute atomic E-state index is 0.178. The summed E-state index contributed by atoms with van der Waals surface area (Å²) in [7, 11) is 0. The highest BCUT2D eigenvalue weighted by molar-refractivity contribution is 5.99. The fourth-order valence-corrected chi connectivity index (χ4v) is 2.89. The number of carbonyl (C=O) groups is 1. The molecule has 10 heteroatoms. The molecule has 0 bridgehead atoms. The van der Waals surface area contributed by atoms with Gasteiger partial charge in [-0.05, 0) is 24.6 Å². The molecule has 0 spiro atoms. The summed E-state index contributed by atoms with van der Waals surface area (Å²) in [6.45, 7) is 2.17. The molecule has 1 aliphatic rings. The molecule has 7 nitrogen and oxygen atoms in total. The minimum Gasteiger partial charge on any atom is -0.329 e. The van der Waals surface area contributed by atoms with E-state index in [9.17, 15) is 18.0 Å². The largest absolute Gasteiger partial charge is 0.471 e. The van der Waals surface area contributed by atoms with Crippen LogP contribution in [0.25, 0.3) is 11.4 Å². The first-order valence-corrected chi connectivity index (χ1v) is 7.95. The summed E-state index contributed by atoms with van der Waals surface area (Å²) < 4.78 is 42.1. The fourth-order valence-electron chi connectivity index (χ4n) is 2.89. The molecule has 0 radical (unpaired) electrons. The molecule has 3 aromatic heterocycles. The zero-order valence-electron chi connectivity index (χ0n) is 13.9. The van der Waals surface area contributed by atoms with Gasteiger partial charge in [0.15, 0.2) is 0 Å². The van der Waals surface area contributed by atoms with E-state index < -0.39 is 12.1 Å². The Hall–Kier alpha value is -3.30. The standard InChI is InChI=1S/C17H12F3N5O2/c1-9(10-3-2-4-21-6-10)25-8-13-12(15(25)26)5-11(7-22-13)14-23-16(27-24-14)17(18,19)20/h2-7,9H,8H2,1H3. The van der Waals surface area contributed by atoms with E-state index in [-0.39, 0.29) is 23.3 Å². The molecule has 0 aromatic carbocycles. The van der Waals surface area contributed by atoms with E-state index in [0.29, 0.717) is 17.8 Å². The van der Waals surface area contributed by atoms with Crippen molar-refractivity contribution in [3.8, 4) is 11.4 Å². The third-order valence-corrected chi connectivity index (χ3v) is 4.34. The SMILES string of the molecule is CC(c1cccnc1)N1Cc2ncc(-c3noc(C(F)(F)F)n3)cc2C1=O. The molecule has 1 aliphatic heterocycles. The first-order chi connectivity index (χ1) is 12.8. The average Bonchev–Trinajstić information content (AvgIpc) is 3.27. The molecule has 1 unspecified atom stereocenters. The number of nitrogens with zero attached hydrogens (tertiary/aromatic N) is 5. The van der Waals surface area contributed by atoms with E-state index >= 15 is 0 Å². The van der Waals surface area contributed by atoms with Gasteiger partial charge in [-0.1, -0.05) is 11.2 Å². The van der Waals surface area contributed by atoms with E-state index in [2.05, 4.69) is 24.6 Å². The van der Waals surface area contributed by atoms with Gasteiger partial charge in [0.05, 0.1) is 23.8 Å². The number of amides is 1. The first-order valence-electron chi connectivity index (χ1n) is 7.95. The lowest BCUT2D eigenvalue weighted by Gasteiger charge is -2.24. The lowest BCUT2D eigenvalue weighted by Crippen LogP contribution is -2.27. The zero-order valence-corrected chi connectivity index (χ0v) is 13.9. The van der Waals surface area contributed by atoms with E-state index in [0.717, 1.165) is 5.56 Å². The number of hydrogen-bond acceptors (Lipinski definition) is 6. The molecule has 1 amide bonds. The Morgan fingerprint density at radius 1 is 1.30 bits per heavy atom. The van der Waals surface area contributed by atoms with Crippen molar-refractivity contribution in [1.29, 1.82) is 0 Å². The molecule has 0 fully saturated rings. The molecule has 0 aliphatic carbocycles. The van der Waals surface area contributed by atoms with Crippen LogP contribution in [0.2, 0.25) is 0 Å². The van der Waals surface area contributed by atoms with Gasteiger partial charge in [-0.15, -0.1) is 0 Å². The van der Waals surface area contributed by atoms with E-state index in [1.54, 1.807) is 23.4 Å². The number of hydrogen-bond donors (Lipinski definition) is 0. The van der Waals surface area contributed by atoms with Crippen molar-refractivity contribution in [3.05, 3.63) is 59.5 Å². The number of fused-ring (bicyclic) bond motifs is 1. The second-order valence-corrected chi connectivity index (χ2v) is 6.03. The molecular weight excluding hydrogens is 363 g/mol. The molecule has 3 aromatic rings. The molecular formula is C17H12F3N5O2. The summed E-state index contributed by atoms with van der Waals surface area (Å²) in [4.78, 5) is 26.0. The number of halogens is 3. The number of aromatic nitrogens is 4. The molecule has 0 saturated heterocycles. The van der Waals surface area contributed by atoms with Gasteiger partial charge >= 0.3 is 12.1 Å². The Balaban J connectivity index is 1.63. The van der Waals surface area contributed by atoms with E-state index in [1.165, 1.54) is 12.3 Å². The lowest BCUT2D eigenvalue weighted by atomic mass is 10.1. The fraction of sp³-hybridized carbons (Fsp3) is 0.235. The quantitative estimate of drug-likeness (QED) is 0.699. The van der Waals surface area contributed by atoms with Gasteiger partial charge in [0, 0.05) is 24.2 Å². The van der Waals surface area contributed by atoms with Gasteiger partial charge in [0.25, 0.3) is 5.91 Å². The highest BCUT2D eigenvalue weighted by atomic mass is 19.4. The summed E-state index contributed by atoms with van der Waals surface area (Å²) in [5, 5.41) is 3.33. The topological polar surface area (TPSA) is 85.0 Å². The van der Waals surface area contributed by atoms with Crippen LogP contribution in [0.3, 0.4) is 0 Å². The number of alkyl halides is 3. The number of pyridine rings is 2. The second kappa shape index (κ2) is 6.15. The number of carbonyl (C=O) groups excluding carboxylic acids is 1. The Kier molecular flexibility index (Phi) is 3.90. The van der Waals surface area contributed by atoms with Gasteiger partial charge in [-0.2, -0.15) is 18.2 Å². The van der Waals surface area contributed by atoms with Crippen molar-refractivity contribution in [2.75, 3.05) is 0 Å².